The van der Waals surface area contributed by atoms with Crippen molar-refractivity contribution in [1.82, 2.24) is 15.1 Å². The Hall–Kier alpha value is -3.72. The molecule has 0 saturated carbocycles. The van der Waals surface area contributed by atoms with Crippen molar-refractivity contribution >= 4 is 46.7 Å². The van der Waals surface area contributed by atoms with E-state index in [1.165, 1.54) is 12.1 Å². The minimum absolute atomic E-state index is 0.00927. The molecule has 0 bridgehead atoms. The molecule has 8 nitrogen and oxygen atoms in total. The van der Waals surface area contributed by atoms with Crippen molar-refractivity contribution in [3.8, 4) is 0 Å². The van der Waals surface area contributed by atoms with Crippen LogP contribution in [0.1, 0.15) is 26.3 Å². The number of hydrogen-bond acceptors (Lipinski definition) is 6. The molecule has 31 heavy (non-hydrogen) atoms. The van der Waals surface area contributed by atoms with Crippen molar-refractivity contribution in [1.29, 1.82) is 0 Å². The van der Waals surface area contributed by atoms with Crippen LogP contribution in [0.15, 0.2) is 59.5 Å². The predicted octanol–water partition coefficient (Wildman–Crippen LogP) is 2.14. The predicted molar refractivity (Wildman–Crippen MR) is 114 cm³/mol. The molecule has 5 amide bonds. The lowest BCUT2D eigenvalue weighted by atomic mass is 10.1. The number of imide groups is 2. The van der Waals surface area contributed by atoms with Gasteiger partial charge in [-0.25, -0.2) is 0 Å². The van der Waals surface area contributed by atoms with Crippen LogP contribution in [-0.4, -0.2) is 58.3 Å². The molecule has 0 atom stereocenters. The molecule has 0 spiro atoms. The molecule has 2 aromatic rings. The summed E-state index contributed by atoms with van der Waals surface area (Å²) in [7, 11) is 0. The van der Waals surface area contributed by atoms with Crippen LogP contribution in [0.4, 0.5) is 4.79 Å². The van der Waals surface area contributed by atoms with E-state index < -0.39 is 35.4 Å². The number of amides is 5. The van der Waals surface area contributed by atoms with Crippen molar-refractivity contribution in [2.45, 2.75) is 0 Å². The maximum Gasteiger partial charge on any atom is 0.293 e. The van der Waals surface area contributed by atoms with E-state index in [1.807, 2.05) is 30.3 Å². The third-order valence-electron chi connectivity index (χ3n) is 4.81. The van der Waals surface area contributed by atoms with Crippen LogP contribution in [0.5, 0.6) is 0 Å². The van der Waals surface area contributed by atoms with Gasteiger partial charge in [0.1, 0.15) is 6.54 Å². The summed E-state index contributed by atoms with van der Waals surface area (Å²) >= 11 is 0.843. The first-order valence-corrected chi connectivity index (χ1v) is 10.3. The van der Waals surface area contributed by atoms with Crippen LogP contribution in [0.25, 0.3) is 6.08 Å². The lowest BCUT2D eigenvalue weighted by Crippen LogP contribution is -2.43. The van der Waals surface area contributed by atoms with E-state index in [4.69, 9.17) is 0 Å². The summed E-state index contributed by atoms with van der Waals surface area (Å²) in [5.41, 5.74) is 1.34. The van der Waals surface area contributed by atoms with Gasteiger partial charge in [0, 0.05) is 13.1 Å². The summed E-state index contributed by atoms with van der Waals surface area (Å²) in [6.07, 6.45) is 1.64. The van der Waals surface area contributed by atoms with Gasteiger partial charge >= 0.3 is 0 Å². The number of thioether (sulfide) groups is 1. The summed E-state index contributed by atoms with van der Waals surface area (Å²) in [6, 6.07) is 15.5. The molecule has 0 unspecified atom stereocenters. The van der Waals surface area contributed by atoms with Gasteiger partial charge in [-0.1, -0.05) is 42.5 Å². The van der Waals surface area contributed by atoms with E-state index in [9.17, 15) is 24.0 Å². The van der Waals surface area contributed by atoms with Gasteiger partial charge in [0.25, 0.3) is 23.0 Å². The first-order valence-electron chi connectivity index (χ1n) is 9.48. The van der Waals surface area contributed by atoms with Crippen molar-refractivity contribution in [2.24, 2.45) is 0 Å². The van der Waals surface area contributed by atoms with E-state index in [0.717, 1.165) is 27.1 Å². The average Bonchev–Trinajstić information content (AvgIpc) is 3.17. The average molecular weight is 435 g/mol. The zero-order valence-electron chi connectivity index (χ0n) is 16.2. The maximum atomic E-state index is 12.5. The number of hydrogen-bond donors (Lipinski definition) is 1. The first-order chi connectivity index (χ1) is 15.0. The minimum atomic E-state index is -0.554. The van der Waals surface area contributed by atoms with Crippen LogP contribution in [-0.2, 0) is 9.59 Å². The van der Waals surface area contributed by atoms with Crippen molar-refractivity contribution in [3.05, 3.63) is 76.2 Å². The quantitative estimate of drug-likeness (QED) is 0.551. The molecule has 0 aromatic heterocycles. The Morgan fingerprint density at radius 3 is 2.10 bits per heavy atom. The van der Waals surface area contributed by atoms with Gasteiger partial charge in [0.05, 0.1) is 16.0 Å². The van der Waals surface area contributed by atoms with Gasteiger partial charge in [-0.2, -0.15) is 0 Å². The highest BCUT2D eigenvalue weighted by Crippen LogP contribution is 2.31. The Morgan fingerprint density at radius 2 is 1.45 bits per heavy atom. The maximum absolute atomic E-state index is 12.5. The van der Waals surface area contributed by atoms with E-state index in [2.05, 4.69) is 5.32 Å². The van der Waals surface area contributed by atoms with Crippen LogP contribution >= 0.6 is 11.8 Å². The number of fused-ring (bicyclic) bond motifs is 1. The van der Waals surface area contributed by atoms with Crippen LogP contribution in [0, 0.1) is 0 Å². The Kier molecular flexibility index (Phi) is 5.68. The molecule has 0 aliphatic carbocycles. The first kappa shape index (κ1) is 20.5. The van der Waals surface area contributed by atoms with Crippen molar-refractivity contribution in [3.63, 3.8) is 0 Å². The second-order valence-electron chi connectivity index (χ2n) is 6.84. The number of benzene rings is 2. The number of carbonyl (C=O) groups excluding carboxylic acids is 5. The molecule has 1 fully saturated rings. The van der Waals surface area contributed by atoms with Gasteiger partial charge in [-0.15, -0.1) is 0 Å². The Bertz CT molecular complexity index is 1090. The molecule has 156 valence electrons. The summed E-state index contributed by atoms with van der Waals surface area (Å²) in [6.45, 7) is -0.425. The van der Waals surface area contributed by atoms with Gasteiger partial charge < -0.3 is 5.32 Å². The van der Waals surface area contributed by atoms with Crippen molar-refractivity contribution < 1.29 is 24.0 Å². The van der Waals surface area contributed by atoms with E-state index in [0.29, 0.717) is 4.91 Å². The molecular weight excluding hydrogens is 418 g/mol. The number of rotatable bonds is 6. The Balaban J connectivity index is 1.31. The molecule has 1 N–H and O–H groups in total. The summed E-state index contributed by atoms with van der Waals surface area (Å²) in [5, 5.41) is 2.14. The SMILES string of the molecule is O=C(CN1C(=O)c2ccccc2C1=O)NCCN1C(=O)SC(=Cc2ccccc2)C1=O. The van der Waals surface area contributed by atoms with E-state index in [1.54, 1.807) is 18.2 Å². The number of nitrogens with one attached hydrogen (secondary N) is 1. The summed E-state index contributed by atoms with van der Waals surface area (Å²) < 4.78 is 0. The fraction of sp³-hybridized carbons (Fsp3) is 0.136. The molecule has 2 aromatic carbocycles. The Morgan fingerprint density at radius 1 is 0.839 bits per heavy atom. The van der Waals surface area contributed by atoms with Crippen molar-refractivity contribution in [2.75, 3.05) is 19.6 Å². The topological polar surface area (TPSA) is 104 Å². The lowest BCUT2D eigenvalue weighted by Gasteiger charge is -2.15. The van der Waals surface area contributed by atoms with E-state index in [-0.39, 0.29) is 24.2 Å². The zero-order valence-corrected chi connectivity index (χ0v) is 17.1. The molecule has 2 heterocycles. The van der Waals surface area contributed by atoms with Gasteiger partial charge in [0.15, 0.2) is 0 Å². The zero-order chi connectivity index (χ0) is 22.0. The van der Waals surface area contributed by atoms with Gasteiger partial charge in [0.2, 0.25) is 5.91 Å². The molecule has 2 aliphatic rings. The van der Waals surface area contributed by atoms with Crippen LogP contribution < -0.4 is 5.32 Å². The second-order valence-corrected chi connectivity index (χ2v) is 7.83. The van der Waals surface area contributed by atoms with Gasteiger partial charge in [-0.05, 0) is 35.5 Å². The molecule has 0 radical (unpaired) electrons. The largest absolute Gasteiger partial charge is 0.353 e. The third-order valence-corrected chi connectivity index (χ3v) is 5.72. The molecular formula is C22H17N3O5S. The second kappa shape index (κ2) is 8.57. The Labute approximate surface area is 181 Å². The third kappa shape index (κ3) is 4.13. The smallest absolute Gasteiger partial charge is 0.293 e. The minimum Gasteiger partial charge on any atom is -0.353 e. The highest BCUT2D eigenvalue weighted by atomic mass is 32.2. The normalized spacial score (nSPS) is 17.0. The molecule has 4 rings (SSSR count). The number of nitrogens with zero attached hydrogens (tertiary/aromatic N) is 2. The van der Waals surface area contributed by atoms with Crippen LogP contribution in [0.3, 0.4) is 0 Å². The highest BCUT2D eigenvalue weighted by Gasteiger charge is 2.37. The lowest BCUT2D eigenvalue weighted by molar-refractivity contribution is -0.124. The van der Waals surface area contributed by atoms with E-state index >= 15 is 0 Å². The fourth-order valence-corrected chi connectivity index (χ4v) is 4.15. The van der Waals surface area contributed by atoms with Gasteiger partial charge in [-0.3, -0.25) is 33.8 Å². The molecule has 1 saturated heterocycles. The standard InChI is InChI=1S/C22H17N3O5S/c26-18(13-25-19(27)15-8-4-5-9-16(15)20(25)28)23-10-11-24-21(29)17(31-22(24)30)12-14-6-2-1-3-7-14/h1-9,12H,10-11,13H2,(H,23,26). The summed E-state index contributed by atoms with van der Waals surface area (Å²) in [5.74, 6) is -2.02. The fourth-order valence-electron chi connectivity index (χ4n) is 3.28. The molecule has 9 heteroatoms. The molecule has 2 aliphatic heterocycles. The highest BCUT2D eigenvalue weighted by molar-refractivity contribution is 8.18. The van der Waals surface area contributed by atoms with Crippen LogP contribution in [0.2, 0.25) is 0 Å². The summed E-state index contributed by atoms with van der Waals surface area (Å²) in [4.78, 5) is 63.8. The number of carbonyl (C=O) groups is 5. The monoisotopic (exact) mass is 435 g/mol.